The summed E-state index contributed by atoms with van der Waals surface area (Å²) in [5.41, 5.74) is 6.00. The lowest BCUT2D eigenvalue weighted by molar-refractivity contribution is -0.131. The van der Waals surface area contributed by atoms with Crippen LogP contribution in [0, 0.1) is 20.8 Å². The summed E-state index contributed by atoms with van der Waals surface area (Å²) in [5.74, 6) is 1.48. The van der Waals surface area contributed by atoms with E-state index in [1.54, 1.807) is 6.92 Å². The summed E-state index contributed by atoms with van der Waals surface area (Å²) in [6.45, 7) is 7.29. The van der Waals surface area contributed by atoms with Crippen molar-refractivity contribution in [1.29, 1.82) is 0 Å². The van der Waals surface area contributed by atoms with Gasteiger partial charge in [0.15, 0.2) is 5.82 Å². The Labute approximate surface area is 187 Å². The molecule has 5 rings (SSSR count). The summed E-state index contributed by atoms with van der Waals surface area (Å²) in [4.78, 5) is 24.6. The van der Waals surface area contributed by atoms with E-state index in [1.165, 1.54) is 5.56 Å². The van der Waals surface area contributed by atoms with Crippen molar-refractivity contribution < 1.29 is 9.32 Å². The number of fused-ring (bicyclic) bond motifs is 1. The van der Waals surface area contributed by atoms with Crippen LogP contribution >= 0.6 is 0 Å². The minimum absolute atomic E-state index is 0.103. The predicted octanol–water partition coefficient (Wildman–Crippen LogP) is 4.26. The fraction of sp³-hybridized carbons (Fsp3) is 0.360. The Morgan fingerprint density at radius 2 is 1.84 bits per heavy atom. The number of likely N-dealkylation sites (tertiary alicyclic amines) is 1. The van der Waals surface area contributed by atoms with E-state index >= 15 is 0 Å². The average molecular weight is 430 g/mol. The second-order valence-corrected chi connectivity index (χ2v) is 8.74. The van der Waals surface area contributed by atoms with E-state index in [-0.39, 0.29) is 11.8 Å². The van der Waals surface area contributed by atoms with E-state index in [4.69, 9.17) is 9.51 Å². The standard InChI is InChI=1S/C25H27N5O2/c1-16-6-9-19(10-7-16)24-21(30-14-17(2)8-11-22(30)27-24)13-23(31)29-12-4-5-20(15-29)25-26-18(3)32-28-25/h6-11,14,20H,4-5,12-13,15H2,1-3H3. The van der Waals surface area contributed by atoms with E-state index < -0.39 is 0 Å². The first-order valence-electron chi connectivity index (χ1n) is 11.1. The third-order valence-electron chi connectivity index (χ3n) is 6.19. The molecule has 3 aromatic heterocycles. The van der Waals surface area contributed by atoms with Gasteiger partial charge in [0.05, 0.1) is 17.8 Å². The van der Waals surface area contributed by atoms with Crippen LogP contribution in [-0.4, -0.2) is 43.4 Å². The summed E-state index contributed by atoms with van der Waals surface area (Å²) in [6, 6.07) is 12.4. The van der Waals surface area contributed by atoms with E-state index in [9.17, 15) is 4.79 Å². The number of aromatic nitrogens is 4. The number of imidazole rings is 1. The number of pyridine rings is 1. The Morgan fingerprint density at radius 3 is 2.59 bits per heavy atom. The Hall–Kier alpha value is -3.48. The van der Waals surface area contributed by atoms with Gasteiger partial charge in [-0.05, 0) is 38.3 Å². The maximum absolute atomic E-state index is 13.4. The molecule has 1 atom stereocenters. The second kappa shape index (κ2) is 8.22. The SMILES string of the molecule is Cc1ccc(-c2nc3ccc(C)cn3c2CC(=O)N2CCCC(c3noc(C)n3)C2)cc1. The molecule has 0 bridgehead atoms. The Kier molecular flexibility index (Phi) is 5.25. The van der Waals surface area contributed by atoms with Crippen LogP contribution in [0.2, 0.25) is 0 Å². The third kappa shape index (κ3) is 3.90. The Bertz CT molecular complexity index is 1270. The molecular formula is C25H27N5O2. The molecule has 0 spiro atoms. The summed E-state index contributed by atoms with van der Waals surface area (Å²) in [5, 5.41) is 4.08. The molecule has 4 aromatic rings. The number of amides is 1. The number of hydrogen-bond donors (Lipinski definition) is 0. The van der Waals surface area contributed by atoms with Crippen molar-refractivity contribution in [3.8, 4) is 11.3 Å². The van der Waals surface area contributed by atoms with E-state index in [2.05, 4.69) is 64.9 Å². The molecule has 1 fully saturated rings. The number of benzene rings is 1. The molecule has 7 nitrogen and oxygen atoms in total. The van der Waals surface area contributed by atoms with Crippen LogP contribution in [0.1, 0.15) is 47.3 Å². The summed E-state index contributed by atoms with van der Waals surface area (Å²) in [6.07, 6.45) is 4.25. The highest BCUT2D eigenvalue weighted by molar-refractivity contribution is 5.82. The van der Waals surface area contributed by atoms with Gasteiger partial charge in [-0.15, -0.1) is 0 Å². The van der Waals surface area contributed by atoms with Gasteiger partial charge in [0.25, 0.3) is 0 Å². The molecule has 0 aliphatic carbocycles. The molecule has 1 unspecified atom stereocenters. The number of nitrogens with zero attached hydrogens (tertiary/aromatic N) is 5. The Balaban J connectivity index is 1.46. The summed E-state index contributed by atoms with van der Waals surface area (Å²) >= 11 is 0. The quantitative estimate of drug-likeness (QED) is 0.485. The van der Waals surface area contributed by atoms with Gasteiger partial charge in [0.2, 0.25) is 11.8 Å². The van der Waals surface area contributed by atoms with Gasteiger partial charge in [-0.25, -0.2) is 4.98 Å². The minimum Gasteiger partial charge on any atom is -0.342 e. The van der Waals surface area contributed by atoms with Gasteiger partial charge in [-0.2, -0.15) is 4.98 Å². The molecule has 1 aromatic carbocycles. The highest BCUT2D eigenvalue weighted by Crippen LogP contribution is 2.28. The predicted molar refractivity (Wildman–Crippen MR) is 121 cm³/mol. The van der Waals surface area contributed by atoms with Crippen molar-refractivity contribution >= 4 is 11.6 Å². The molecule has 164 valence electrons. The van der Waals surface area contributed by atoms with Gasteiger partial charge < -0.3 is 13.8 Å². The van der Waals surface area contributed by atoms with Crippen molar-refractivity contribution in [3.63, 3.8) is 0 Å². The van der Waals surface area contributed by atoms with E-state index in [1.807, 2.05) is 11.0 Å². The normalized spacial score (nSPS) is 16.6. The first-order valence-corrected chi connectivity index (χ1v) is 11.1. The molecule has 7 heteroatoms. The van der Waals surface area contributed by atoms with Gasteiger partial charge >= 0.3 is 0 Å². The minimum atomic E-state index is 0.103. The van der Waals surface area contributed by atoms with E-state index in [0.717, 1.165) is 47.5 Å². The van der Waals surface area contributed by atoms with Gasteiger partial charge in [0, 0.05) is 37.7 Å². The molecule has 1 saturated heterocycles. The number of carbonyl (C=O) groups is 1. The van der Waals surface area contributed by atoms with Crippen molar-refractivity contribution in [2.75, 3.05) is 13.1 Å². The zero-order valence-electron chi connectivity index (χ0n) is 18.7. The summed E-state index contributed by atoms with van der Waals surface area (Å²) in [7, 11) is 0. The van der Waals surface area contributed by atoms with Crippen molar-refractivity contribution in [1.82, 2.24) is 24.4 Å². The van der Waals surface area contributed by atoms with Crippen LogP contribution in [-0.2, 0) is 11.2 Å². The monoisotopic (exact) mass is 429 g/mol. The lowest BCUT2D eigenvalue weighted by Gasteiger charge is -2.31. The van der Waals surface area contributed by atoms with Crippen LogP contribution < -0.4 is 0 Å². The van der Waals surface area contributed by atoms with Crippen molar-refractivity contribution in [2.45, 2.75) is 46.0 Å². The van der Waals surface area contributed by atoms with Gasteiger partial charge in [0.1, 0.15) is 5.65 Å². The molecular weight excluding hydrogens is 402 g/mol. The number of carbonyl (C=O) groups excluding carboxylic acids is 1. The third-order valence-corrected chi connectivity index (χ3v) is 6.19. The highest BCUT2D eigenvalue weighted by atomic mass is 16.5. The zero-order chi connectivity index (χ0) is 22.2. The van der Waals surface area contributed by atoms with Gasteiger partial charge in [-0.3, -0.25) is 4.79 Å². The van der Waals surface area contributed by atoms with E-state index in [0.29, 0.717) is 24.7 Å². The number of aryl methyl sites for hydroxylation is 3. The molecule has 4 heterocycles. The molecule has 1 aliphatic rings. The largest absolute Gasteiger partial charge is 0.342 e. The van der Waals surface area contributed by atoms with Crippen molar-refractivity contribution in [2.24, 2.45) is 0 Å². The molecule has 0 radical (unpaired) electrons. The average Bonchev–Trinajstić information content (AvgIpc) is 3.38. The van der Waals surface area contributed by atoms with Crippen LogP contribution in [0.25, 0.3) is 16.9 Å². The lowest BCUT2D eigenvalue weighted by atomic mass is 9.97. The molecule has 0 saturated carbocycles. The maximum Gasteiger partial charge on any atom is 0.228 e. The number of hydrogen-bond acceptors (Lipinski definition) is 5. The molecule has 1 amide bonds. The highest BCUT2D eigenvalue weighted by Gasteiger charge is 2.29. The molecule has 0 N–H and O–H groups in total. The van der Waals surface area contributed by atoms with Crippen LogP contribution in [0.4, 0.5) is 0 Å². The Morgan fingerprint density at radius 1 is 1.06 bits per heavy atom. The zero-order valence-corrected chi connectivity index (χ0v) is 18.7. The first kappa shape index (κ1) is 20.4. The number of piperidine rings is 1. The summed E-state index contributed by atoms with van der Waals surface area (Å²) < 4.78 is 7.22. The topological polar surface area (TPSA) is 76.5 Å². The van der Waals surface area contributed by atoms with Crippen molar-refractivity contribution in [3.05, 3.63) is 71.1 Å². The van der Waals surface area contributed by atoms with Crippen LogP contribution in [0.15, 0.2) is 47.1 Å². The second-order valence-electron chi connectivity index (χ2n) is 8.74. The first-order chi connectivity index (χ1) is 15.5. The lowest BCUT2D eigenvalue weighted by Crippen LogP contribution is -2.40. The van der Waals surface area contributed by atoms with Crippen LogP contribution in [0.3, 0.4) is 0 Å². The smallest absolute Gasteiger partial charge is 0.228 e. The fourth-order valence-electron chi connectivity index (χ4n) is 4.46. The molecule has 1 aliphatic heterocycles. The fourth-order valence-corrected chi connectivity index (χ4v) is 4.46. The van der Waals surface area contributed by atoms with Crippen LogP contribution in [0.5, 0.6) is 0 Å². The maximum atomic E-state index is 13.4. The number of rotatable bonds is 4. The molecule has 32 heavy (non-hydrogen) atoms. The van der Waals surface area contributed by atoms with Gasteiger partial charge in [-0.1, -0.05) is 41.1 Å².